The van der Waals surface area contributed by atoms with Gasteiger partial charge in [-0.3, -0.25) is 0 Å². The lowest BCUT2D eigenvalue weighted by Gasteiger charge is -2.14. The van der Waals surface area contributed by atoms with Gasteiger partial charge in [-0.1, -0.05) is 0 Å². The van der Waals surface area contributed by atoms with E-state index in [2.05, 4.69) is 4.42 Å². The molecule has 1 rings (SSSR count). The highest BCUT2D eigenvalue weighted by Gasteiger charge is 2.27. The fourth-order valence-electron chi connectivity index (χ4n) is 1.02. The van der Waals surface area contributed by atoms with Gasteiger partial charge >= 0.3 is 5.97 Å². The average molecular weight is 269 g/mol. The second-order valence-corrected chi connectivity index (χ2v) is 5.08. The van der Waals surface area contributed by atoms with Crippen LogP contribution in [0.25, 0.3) is 0 Å². The Balaban J connectivity index is 3.00. The summed E-state index contributed by atoms with van der Waals surface area (Å²) in [6.45, 7) is -0.995. The van der Waals surface area contributed by atoms with Crippen LogP contribution in [-0.4, -0.2) is 43.8 Å². The Labute approximate surface area is 95.5 Å². The van der Waals surface area contributed by atoms with Crippen LogP contribution >= 0.6 is 0 Å². The Morgan fingerprint density at radius 2 is 2.12 bits per heavy atom. The number of carbonyl (C=O) groups is 1. The van der Waals surface area contributed by atoms with E-state index in [1.165, 1.54) is 0 Å². The van der Waals surface area contributed by atoms with Gasteiger partial charge in [0.25, 0.3) is 16.4 Å². The van der Waals surface area contributed by atoms with Crippen molar-refractivity contribution in [3.8, 4) is 0 Å². The lowest BCUT2D eigenvalue weighted by molar-refractivity contribution is 0.0655. The number of hydrogen-bond acceptors (Lipinski definition) is 4. The summed E-state index contributed by atoms with van der Waals surface area (Å²) in [7, 11) is -3.27. The minimum atomic E-state index is -4.22. The summed E-state index contributed by atoms with van der Waals surface area (Å²) in [5, 5.41) is 7.84. The van der Waals surface area contributed by atoms with Gasteiger partial charge in [0.2, 0.25) is 10.9 Å². The Morgan fingerprint density at radius 1 is 1.53 bits per heavy atom. The maximum atomic E-state index is 12.0. The molecule has 1 aromatic rings. The number of nitrogens with zero attached hydrogens (tertiary/aromatic N) is 1. The molecule has 1 aromatic heterocycles. The Morgan fingerprint density at radius 3 is 2.53 bits per heavy atom. The number of rotatable bonds is 5. The third-order valence-corrected chi connectivity index (χ3v) is 3.55. The highest BCUT2D eigenvalue weighted by molar-refractivity contribution is 7.89. The first-order valence-electron chi connectivity index (χ1n) is 4.32. The van der Waals surface area contributed by atoms with Crippen molar-refractivity contribution in [3.05, 3.63) is 17.9 Å². The summed E-state index contributed by atoms with van der Waals surface area (Å²) in [5.74, 6) is -2.02. The summed E-state index contributed by atoms with van der Waals surface area (Å²) in [4.78, 5) is 10.5. The smallest absolute Gasteiger partial charge is 0.371 e. The normalized spacial score (nSPS) is 12.3. The molecule has 17 heavy (non-hydrogen) atoms. The van der Waals surface area contributed by atoms with E-state index in [1.807, 2.05) is 0 Å². The number of alkyl halides is 2. The maximum Gasteiger partial charge on any atom is 0.371 e. The first kappa shape index (κ1) is 13.6. The van der Waals surface area contributed by atoms with Crippen LogP contribution in [0.5, 0.6) is 0 Å². The summed E-state index contributed by atoms with van der Waals surface area (Å²) in [6, 6.07) is 1.84. The molecule has 0 atom stereocenters. The number of aromatic carboxylic acids is 1. The van der Waals surface area contributed by atoms with E-state index in [0.29, 0.717) is 4.31 Å². The van der Waals surface area contributed by atoms with E-state index < -0.39 is 39.8 Å². The zero-order chi connectivity index (χ0) is 13.2. The van der Waals surface area contributed by atoms with E-state index in [-0.39, 0.29) is 0 Å². The molecule has 0 amide bonds. The first-order chi connectivity index (χ1) is 7.75. The molecule has 0 radical (unpaired) electrons. The first-order valence-corrected chi connectivity index (χ1v) is 5.76. The minimum Gasteiger partial charge on any atom is -0.475 e. The molecule has 9 heteroatoms. The monoisotopic (exact) mass is 269 g/mol. The topological polar surface area (TPSA) is 87.8 Å². The predicted octanol–water partition coefficient (Wildman–Crippen LogP) is 0.863. The predicted molar refractivity (Wildman–Crippen MR) is 51.5 cm³/mol. The quantitative estimate of drug-likeness (QED) is 0.856. The summed E-state index contributed by atoms with van der Waals surface area (Å²) >= 11 is 0. The molecule has 0 spiro atoms. The van der Waals surface area contributed by atoms with E-state index in [1.54, 1.807) is 0 Å². The molecule has 0 aliphatic heterocycles. The van der Waals surface area contributed by atoms with E-state index in [9.17, 15) is 22.0 Å². The lowest BCUT2D eigenvalue weighted by Crippen LogP contribution is -2.31. The molecule has 0 saturated carbocycles. The standard InChI is InChI=1S/C8H9F2NO5S/c1-11(4-6(9)10)17(14,15)7-3-2-5(16-7)8(12)13/h2-3,6H,4H2,1H3,(H,12,13). The SMILES string of the molecule is CN(CC(F)F)S(=O)(=O)c1ccc(C(=O)O)o1. The molecule has 1 N–H and O–H groups in total. The number of carboxylic acids is 1. The van der Waals surface area contributed by atoms with Crippen LogP contribution < -0.4 is 0 Å². The molecule has 0 bridgehead atoms. The van der Waals surface area contributed by atoms with Crippen molar-refractivity contribution in [2.45, 2.75) is 11.5 Å². The van der Waals surface area contributed by atoms with Crippen molar-refractivity contribution in [1.29, 1.82) is 0 Å². The molecule has 0 aliphatic carbocycles. The molecular formula is C8H9F2NO5S. The van der Waals surface area contributed by atoms with E-state index >= 15 is 0 Å². The van der Waals surface area contributed by atoms with Gasteiger partial charge in [0.15, 0.2) is 0 Å². The minimum absolute atomic E-state index is 0.391. The molecule has 1 heterocycles. The molecular weight excluding hydrogens is 260 g/mol. The largest absolute Gasteiger partial charge is 0.475 e. The molecule has 96 valence electrons. The molecule has 0 saturated heterocycles. The Kier molecular flexibility index (Phi) is 3.83. The van der Waals surface area contributed by atoms with Crippen LogP contribution in [0, 0.1) is 0 Å². The zero-order valence-corrected chi connectivity index (χ0v) is 9.45. The van der Waals surface area contributed by atoms with Crippen LogP contribution in [0.3, 0.4) is 0 Å². The lowest BCUT2D eigenvalue weighted by atomic mass is 10.5. The molecule has 0 fully saturated rings. The van der Waals surface area contributed by atoms with Crippen molar-refractivity contribution in [2.75, 3.05) is 13.6 Å². The number of sulfonamides is 1. The third kappa shape index (κ3) is 3.01. The summed E-state index contributed by atoms with van der Waals surface area (Å²) in [5.41, 5.74) is 0. The van der Waals surface area contributed by atoms with Crippen LogP contribution in [0.15, 0.2) is 21.6 Å². The van der Waals surface area contributed by atoms with Gasteiger partial charge in [-0.15, -0.1) is 0 Å². The molecule has 0 aliphatic rings. The number of carboxylic acid groups (broad SMARTS) is 1. The fraction of sp³-hybridized carbons (Fsp3) is 0.375. The van der Waals surface area contributed by atoms with Crippen molar-refractivity contribution < 1.29 is 31.5 Å². The van der Waals surface area contributed by atoms with Crippen molar-refractivity contribution in [2.24, 2.45) is 0 Å². The van der Waals surface area contributed by atoms with Crippen LogP contribution in [-0.2, 0) is 10.0 Å². The van der Waals surface area contributed by atoms with Gasteiger partial charge < -0.3 is 9.52 Å². The fourth-order valence-corrected chi connectivity index (χ4v) is 2.07. The molecule has 0 unspecified atom stereocenters. The molecule has 6 nitrogen and oxygen atoms in total. The van der Waals surface area contributed by atoms with Crippen LogP contribution in [0.4, 0.5) is 8.78 Å². The number of hydrogen-bond donors (Lipinski definition) is 1. The van der Waals surface area contributed by atoms with Crippen molar-refractivity contribution in [1.82, 2.24) is 4.31 Å². The van der Waals surface area contributed by atoms with Gasteiger partial charge in [-0.05, 0) is 12.1 Å². The highest BCUT2D eigenvalue weighted by atomic mass is 32.2. The van der Waals surface area contributed by atoms with E-state index in [0.717, 1.165) is 19.2 Å². The molecule has 0 aromatic carbocycles. The van der Waals surface area contributed by atoms with Crippen LogP contribution in [0.2, 0.25) is 0 Å². The maximum absolute atomic E-state index is 12.0. The van der Waals surface area contributed by atoms with Crippen molar-refractivity contribution in [3.63, 3.8) is 0 Å². The number of furan rings is 1. The number of halogens is 2. The second-order valence-electron chi connectivity index (χ2n) is 3.10. The van der Waals surface area contributed by atoms with Gasteiger partial charge in [-0.25, -0.2) is 22.0 Å². The van der Waals surface area contributed by atoms with E-state index in [4.69, 9.17) is 5.11 Å². The highest BCUT2D eigenvalue weighted by Crippen LogP contribution is 2.18. The Bertz CT molecular complexity index is 510. The zero-order valence-electron chi connectivity index (χ0n) is 8.63. The van der Waals surface area contributed by atoms with Gasteiger partial charge in [0.05, 0.1) is 6.54 Å². The van der Waals surface area contributed by atoms with Gasteiger partial charge in [-0.2, -0.15) is 4.31 Å². The van der Waals surface area contributed by atoms with Crippen LogP contribution in [0.1, 0.15) is 10.6 Å². The second kappa shape index (κ2) is 4.80. The third-order valence-electron chi connectivity index (χ3n) is 1.85. The summed E-state index contributed by atoms with van der Waals surface area (Å²) in [6.07, 6.45) is -2.83. The van der Waals surface area contributed by atoms with Crippen molar-refractivity contribution >= 4 is 16.0 Å². The summed E-state index contributed by atoms with van der Waals surface area (Å²) < 4.78 is 52.2. The average Bonchev–Trinajstić information content (AvgIpc) is 2.65. The Hall–Kier alpha value is -1.48. The van der Waals surface area contributed by atoms with Gasteiger partial charge in [0.1, 0.15) is 0 Å². The van der Waals surface area contributed by atoms with Gasteiger partial charge in [0, 0.05) is 7.05 Å².